The minimum Gasteiger partial charge on any atom is -0.360 e. The molecule has 1 amide bonds. The first-order valence-electron chi connectivity index (χ1n) is 8.00. The van der Waals surface area contributed by atoms with Gasteiger partial charge in [0.05, 0.1) is 4.70 Å². The average molecular weight is 359 g/mol. The number of halogens is 2. The number of carbonyl (C=O) groups excluding carboxylic acids is 1. The zero-order chi connectivity index (χ0) is 17.4. The summed E-state index contributed by atoms with van der Waals surface area (Å²) in [6.45, 7) is 0.807. The highest BCUT2D eigenvalue weighted by molar-refractivity contribution is 7.22. The molecule has 1 atom stereocenters. The van der Waals surface area contributed by atoms with Crippen molar-refractivity contribution < 1.29 is 13.6 Å². The molecule has 1 fully saturated rings. The molecule has 7 heteroatoms. The quantitative estimate of drug-likeness (QED) is 0.763. The van der Waals surface area contributed by atoms with Crippen LogP contribution in [0.3, 0.4) is 0 Å². The maximum absolute atomic E-state index is 13.8. The maximum Gasteiger partial charge on any atom is 0.248 e. The van der Waals surface area contributed by atoms with Crippen LogP contribution < -0.4 is 10.2 Å². The molecule has 1 aromatic heterocycles. The molecule has 2 heterocycles. The smallest absolute Gasteiger partial charge is 0.248 e. The Kier molecular flexibility index (Phi) is 4.09. The van der Waals surface area contributed by atoms with Crippen LogP contribution >= 0.6 is 11.3 Å². The van der Waals surface area contributed by atoms with Gasteiger partial charge in [0, 0.05) is 18.3 Å². The monoisotopic (exact) mass is 359 g/mol. The second kappa shape index (κ2) is 6.40. The second-order valence-electron chi connectivity index (χ2n) is 5.93. The van der Waals surface area contributed by atoms with Crippen LogP contribution in [0.4, 0.5) is 19.6 Å². The number of thiazole rings is 1. The van der Waals surface area contributed by atoms with Gasteiger partial charge in [0.1, 0.15) is 17.4 Å². The molecule has 3 aromatic rings. The van der Waals surface area contributed by atoms with Crippen molar-refractivity contribution in [2.75, 3.05) is 16.8 Å². The molecule has 0 spiro atoms. The number of carbonyl (C=O) groups is 1. The van der Waals surface area contributed by atoms with Crippen LogP contribution in [0.2, 0.25) is 0 Å². The largest absolute Gasteiger partial charge is 0.360 e. The summed E-state index contributed by atoms with van der Waals surface area (Å²) in [6.07, 6.45) is 1.67. The number of aromatic nitrogens is 1. The standard InChI is InChI=1S/C18H15F2N3OS/c19-11-9-13(20)16-15(10-11)25-18(21-16)22-17(24)14-7-4-8-23(14)12-5-2-1-3-6-12/h1-3,5-6,9-10,14H,4,7-8H2,(H,21,22,24). The molecule has 1 N–H and O–H groups in total. The molecule has 1 saturated heterocycles. The van der Waals surface area contributed by atoms with Crippen LogP contribution in [0.5, 0.6) is 0 Å². The fourth-order valence-corrected chi connectivity index (χ4v) is 4.08. The van der Waals surface area contributed by atoms with Gasteiger partial charge < -0.3 is 10.2 Å². The third-order valence-corrected chi connectivity index (χ3v) is 5.20. The van der Waals surface area contributed by atoms with Crippen LogP contribution in [-0.2, 0) is 4.79 Å². The number of rotatable bonds is 3. The predicted molar refractivity (Wildman–Crippen MR) is 95.0 cm³/mol. The molecule has 25 heavy (non-hydrogen) atoms. The van der Waals surface area contributed by atoms with Crippen LogP contribution in [0, 0.1) is 11.6 Å². The minimum atomic E-state index is -0.724. The van der Waals surface area contributed by atoms with Gasteiger partial charge in [0.2, 0.25) is 5.91 Å². The molecular weight excluding hydrogens is 344 g/mol. The molecule has 0 radical (unpaired) electrons. The molecule has 1 unspecified atom stereocenters. The highest BCUT2D eigenvalue weighted by Crippen LogP contribution is 2.30. The summed E-state index contributed by atoms with van der Waals surface area (Å²) in [5, 5.41) is 3.04. The number of fused-ring (bicyclic) bond motifs is 1. The van der Waals surface area contributed by atoms with Gasteiger partial charge >= 0.3 is 0 Å². The Morgan fingerprint density at radius 3 is 2.84 bits per heavy atom. The lowest BCUT2D eigenvalue weighted by Crippen LogP contribution is -2.39. The number of para-hydroxylation sites is 1. The third kappa shape index (κ3) is 3.07. The number of nitrogens with zero attached hydrogens (tertiary/aromatic N) is 2. The number of nitrogens with one attached hydrogen (secondary N) is 1. The summed E-state index contributed by atoms with van der Waals surface area (Å²) < 4.78 is 27.4. The molecular formula is C18H15F2N3OS. The maximum atomic E-state index is 13.8. The van der Waals surface area contributed by atoms with Gasteiger partial charge in [0.15, 0.2) is 10.9 Å². The Hall–Kier alpha value is -2.54. The molecule has 128 valence electrons. The van der Waals surface area contributed by atoms with Crippen molar-refractivity contribution in [2.45, 2.75) is 18.9 Å². The first-order valence-corrected chi connectivity index (χ1v) is 8.81. The molecule has 0 bridgehead atoms. The predicted octanol–water partition coefficient (Wildman–Crippen LogP) is 4.18. The Morgan fingerprint density at radius 1 is 1.24 bits per heavy atom. The van der Waals surface area contributed by atoms with Gasteiger partial charge in [-0.1, -0.05) is 29.5 Å². The Morgan fingerprint density at radius 2 is 2.04 bits per heavy atom. The summed E-state index contributed by atoms with van der Waals surface area (Å²) in [5.74, 6) is -1.56. The summed E-state index contributed by atoms with van der Waals surface area (Å²) in [4.78, 5) is 18.8. The van der Waals surface area contributed by atoms with Crippen molar-refractivity contribution >= 4 is 38.3 Å². The lowest BCUT2D eigenvalue weighted by Gasteiger charge is -2.25. The van der Waals surface area contributed by atoms with Gasteiger partial charge in [-0.2, -0.15) is 0 Å². The van der Waals surface area contributed by atoms with Crippen molar-refractivity contribution in [1.82, 2.24) is 4.98 Å². The second-order valence-corrected chi connectivity index (χ2v) is 6.96. The van der Waals surface area contributed by atoms with Gasteiger partial charge in [-0.15, -0.1) is 0 Å². The van der Waals surface area contributed by atoms with Crippen LogP contribution in [0.15, 0.2) is 42.5 Å². The van der Waals surface area contributed by atoms with Crippen LogP contribution in [0.1, 0.15) is 12.8 Å². The zero-order valence-corrected chi connectivity index (χ0v) is 14.0. The molecule has 2 aromatic carbocycles. The summed E-state index contributed by atoms with van der Waals surface area (Å²) in [5.41, 5.74) is 1.07. The molecule has 1 aliphatic heterocycles. The lowest BCUT2D eigenvalue weighted by atomic mass is 10.2. The van der Waals surface area contributed by atoms with Gasteiger partial charge in [-0.25, -0.2) is 13.8 Å². The number of amides is 1. The third-order valence-electron chi connectivity index (χ3n) is 4.29. The van der Waals surface area contributed by atoms with E-state index in [0.717, 1.165) is 42.5 Å². The van der Waals surface area contributed by atoms with Crippen molar-refractivity contribution in [3.8, 4) is 0 Å². The summed E-state index contributed by atoms with van der Waals surface area (Å²) in [6, 6.07) is 11.5. The highest BCUT2D eigenvalue weighted by atomic mass is 32.1. The van der Waals surface area contributed by atoms with E-state index in [1.54, 1.807) is 0 Å². The van der Waals surface area contributed by atoms with E-state index in [2.05, 4.69) is 15.2 Å². The minimum absolute atomic E-state index is 0.0769. The van der Waals surface area contributed by atoms with E-state index < -0.39 is 11.6 Å². The first-order chi connectivity index (χ1) is 12.1. The normalized spacial score (nSPS) is 17.2. The Balaban J connectivity index is 1.56. The topological polar surface area (TPSA) is 45.2 Å². The average Bonchev–Trinajstić information content (AvgIpc) is 3.22. The van der Waals surface area contributed by atoms with Crippen molar-refractivity contribution in [3.63, 3.8) is 0 Å². The van der Waals surface area contributed by atoms with E-state index >= 15 is 0 Å². The van der Waals surface area contributed by atoms with Crippen LogP contribution in [0.25, 0.3) is 10.2 Å². The molecule has 1 aliphatic rings. The van der Waals surface area contributed by atoms with Crippen molar-refractivity contribution in [3.05, 3.63) is 54.1 Å². The van der Waals surface area contributed by atoms with E-state index in [1.165, 1.54) is 6.07 Å². The Bertz CT molecular complexity index is 929. The van der Waals surface area contributed by atoms with Crippen molar-refractivity contribution in [2.24, 2.45) is 0 Å². The lowest BCUT2D eigenvalue weighted by molar-refractivity contribution is -0.117. The first kappa shape index (κ1) is 16.0. The molecule has 4 rings (SSSR count). The fourth-order valence-electron chi connectivity index (χ4n) is 3.17. The Labute approximate surface area is 147 Å². The van der Waals surface area contributed by atoms with Gasteiger partial charge in [-0.3, -0.25) is 4.79 Å². The van der Waals surface area contributed by atoms with Gasteiger partial charge in [0.25, 0.3) is 0 Å². The number of hydrogen-bond acceptors (Lipinski definition) is 4. The van der Waals surface area contributed by atoms with E-state index in [4.69, 9.17) is 0 Å². The number of anilines is 2. The zero-order valence-electron chi connectivity index (χ0n) is 13.2. The van der Waals surface area contributed by atoms with Gasteiger partial charge in [-0.05, 0) is 31.0 Å². The fraction of sp³-hybridized carbons (Fsp3) is 0.222. The molecule has 0 aliphatic carbocycles. The molecule has 0 saturated carbocycles. The molecule has 4 nitrogen and oxygen atoms in total. The number of benzene rings is 2. The van der Waals surface area contributed by atoms with E-state index in [1.807, 2.05) is 30.3 Å². The SMILES string of the molecule is O=C(Nc1nc2c(F)cc(F)cc2s1)C1CCCN1c1ccccc1. The van der Waals surface area contributed by atoms with Crippen molar-refractivity contribution in [1.29, 1.82) is 0 Å². The highest BCUT2D eigenvalue weighted by Gasteiger charge is 2.31. The van der Waals surface area contributed by atoms with Crippen LogP contribution in [-0.4, -0.2) is 23.5 Å². The van der Waals surface area contributed by atoms with E-state index in [9.17, 15) is 13.6 Å². The van der Waals surface area contributed by atoms with E-state index in [-0.39, 0.29) is 22.6 Å². The number of hydrogen-bond donors (Lipinski definition) is 1. The van der Waals surface area contributed by atoms with E-state index in [0.29, 0.717) is 4.70 Å². The summed E-state index contributed by atoms with van der Waals surface area (Å²) >= 11 is 1.07. The summed E-state index contributed by atoms with van der Waals surface area (Å²) in [7, 11) is 0.